The number of alkyl halides is 1. The van der Waals surface area contributed by atoms with Crippen LogP contribution in [-0.4, -0.2) is 28.2 Å². The maximum absolute atomic E-state index is 5.90. The van der Waals surface area contributed by atoms with E-state index in [1.165, 1.54) is 148 Å². The van der Waals surface area contributed by atoms with Gasteiger partial charge in [0.1, 0.15) is 0 Å². The normalized spacial score (nSPS) is 12.7. The summed E-state index contributed by atoms with van der Waals surface area (Å²) in [4.78, 5) is 0. The van der Waals surface area contributed by atoms with Gasteiger partial charge in [0.25, 0.3) is 0 Å². The Morgan fingerprint density at radius 1 is 0.548 bits per heavy atom. The molecular weight excluding hydrogens is 489 g/mol. The molecule has 0 saturated heterocycles. The highest BCUT2D eigenvalue weighted by Crippen LogP contribution is 2.23. The van der Waals surface area contributed by atoms with E-state index in [0.717, 1.165) is 4.48 Å². The number of terminal acetylenes is 1. The predicted molar refractivity (Wildman–Crippen MR) is 151 cm³/mol. The van der Waals surface area contributed by atoms with E-state index in [-0.39, 0.29) is 0 Å². The summed E-state index contributed by atoms with van der Waals surface area (Å²) < 4.78 is 1.48. The van der Waals surface area contributed by atoms with Gasteiger partial charge in [0.2, 0.25) is 4.05 Å². The average Bonchev–Trinajstić information content (AvgIpc) is 2.79. The molecule has 0 saturated carbocycles. The Morgan fingerprint density at radius 2 is 0.839 bits per heavy atom. The minimum absolute atomic E-state index is 0.333. The highest BCUT2D eigenvalue weighted by Gasteiger charge is 2.31. The van der Waals surface area contributed by atoms with Crippen LogP contribution in [0.15, 0.2) is 0 Å². The first-order valence-electron chi connectivity index (χ1n) is 14.1. The summed E-state index contributed by atoms with van der Waals surface area (Å²) >= 11 is 2.54. The molecule has 0 fully saturated rings. The number of hydrogen-bond donors (Lipinski definition) is 0. The van der Waals surface area contributed by atoms with Crippen LogP contribution in [0.3, 0.4) is 0 Å². The van der Waals surface area contributed by atoms with Crippen LogP contribution < -0.4 is 0 Å². The van der Waals surface area contributed by atoms with Crippen LogP contribution in [0.2, 0.25) is 0 Å². The van der Waals surface area contributed by atoms with Crippen LogP contribution in [0.4, 0.5) is 0 Å². The third-order valence-corrected chi connectivity index (χ3v) is 8.70. The molecule has 0 aromatic rings. The van der Waals surface area contributed by atoms with Crippen molar-refractivity contribution in [3.8, 4) is 12.3 Å². The largest absolute Gasteiger partial charge is 0.303 e. The van der Waals surface area contributed by atoms with Gasteiger partial charge >= 0.3 is 0 Å². The van der Waals surface area contributed by atoms with Crippen molar-refractivity contribution in [2.75, 3.05) is 19.6 Å². The molecule has 1 unspecified atom stereocenters. The van der Waals surface area contributed by atoms with Crippen molar-refractivity contribution in [3.63, 3.8) is 0 Å². The zero-order valence-electron chi connectivity index (χ0n) is 21.7. The zero-order chi connectivity index (χ0) is 23.0. The van der Waals surface area contributed by atoms with Crippen LogP contribution in [0, 0.1) is 12.3 Å². The molecule has 0 spiro atoms. The monoisotopic (exact) mass is 546 g/mol. The molecule has 0 rings (SSSR count). The fraction of sp³-hybridized carbons (Fsp3) is 0.931. The van der Waals surface area contributed by atoms with Crippen molar-refractivity contribution in [2.45, 2.75) is 153 Å². The molecule has 0 radical (unpaired) electrons. The summed E-state index contributed by atoms with van der Waals surface area (Å²) in [5.41, 5.74) is 0. The number of quaternary nitrogens is 1. The summed E-state index contributed by atoms with van der Waals surface area (Å²) in [7, 11) is 0. The zero-order valence-corrected chi connectivity index (χ0v) is 23.9. The molecule has 0 aromatic carbocycles. The van der Waals surface area contributed by atoms with Gasteiger partial charge in [0.05, 0.1) is 19.6 Å². The van der Waals surface area contributed by atoms with E-state index in [9.17, 15) is 0 Å². The first-order valence-corrected chi connectivity index (χ1v) is 15.4. The van der Waals surface area contributed by atoms with Crippen LogP contribution in [0.1, 0.15) is 149 Å². The van der Waals surface area contributed by atoms with Gasteiger partial charge in [-0.3, -0.25) is 0 Å². The fourth-order valence-corrected chi connectivity index (χ4v) is 5.75. The predicted octanol–water partition coefficient (Wildman–Crippen LogP) is 10.1. The second-order valence-corrected chi connectivity index (χ2v) is 11.0. The lowest BCUT2D eigenvalue weighted by atomic mass is 10.1. The van der Waals surface area contributed by atoms with Gasteiger partial charge < -0.3 is 4.48 Å². The number of nitrogens with zero attached hydrogens (tertiary/aromatic N) is 1. The Labute approximate surface area is 211 Å². The quantitative estimate of drug-likeness (QED) is 0.0282. The first kappa shape index (κ1) is 31.2. The number of rotatable bonds is 24. The van der Waals surface area contributed by atoms with Crippen molar-refractivity contribution < 1.29 is 4.48 Å². The van der Waals surface area contributed by atoms with Crippen LogP contribution in [0.5, 0.6) is 0 Å². The molecule has 1 atom stereocenters. The van der Waals surface area contributed by atoms with Gasteiger partial charge in [0, 0.05) is 22.6 Å². The summed E-state index contributed by atoms with van der Waals surface area (Å²) in [6.45, 7) is 10.7. The van der Waals surface area contributed by atoms with Crippen LogP contribution in [-0.2, 0) is 0 Å². The van der Waals surface area contributed by atoms with E-state index < -0.39 is 0 Å². The molecule has 0 aliphatic rings. The van der Waals surface area contributed by atoms with E-state index in [1.54, 1.807) is 0 Å². The lowest BCUT2D eigenvalue weighted by Gasteiger charge is -2.40. The molecular formula is C29H57IN+. The molecule has 1 nitrogen and oxygen atoms in total. The van der Waals surface area contributed by atoms with Crippen molar-refractivity contribution in [1.82, 2.24) is 0 Å². The van der Waals surface area contributed by atoms with E-state index in [4.69, 9.17) is 6.42 Å². The minimum atomic E-state index is 0.333. The fourth-order valence-electron chi connectivity index (χ4n) is 4.80. The Balaban J connectivity index is 3.97. The highest BCUT2D eigenvalue weighted by atomic mass is 127. The summed E-state index contributed by atoms with van der Waals surface area (Å²) in [5, 5.41) is 0. The number of halogens is 1. The van der Waals surface area contributed by atoms with Crippen molar-refractivity contribution >= 4 is 22.6 Å². The van der Waals surface area contributed by atoms with Gasteiger partial charge in [-0.2, -0.15) is 0 Å². The molecule has 0 bridgehead atoms. The smallest absolute Gasteiger partial charge is 0.200 e. The molecule has 0 aliphatic heterocycles. The van der Waals surface area contributed by atoms with Gasteiger partial charge in [0.15, 0.2) is 0 Å². The van der Waals surface area contributed by atoms with Gasteiger partial charge in [-0.05, 0) is 38.5 Å². The minimum Gasteiger partial charge on any atom is -0.303 e. The van der Waals surface area contributed by atoms with E-state index in [0.29, 0.717) is 4.05 Å². The average molecular weight is 547 g/mol. The van der Waals surface area contributed by atoms with Crippen molar-refractivity contribution in [2.24, 2.45) is 0 Å². The third-order valence-electron chi connectivity index (χ3n) is 7.16. The topological polar surface area (TPSA) is 0 Å². The van der Waals surface area contributed by atoms with E-state index in [1.807, 2.05) is 0 Å². The first-order chi connectivity index (χ1) is 15.2. The van der Waals surface area contributed by atoms with Crippen LogP contribution >= 0.6 is 22.6 Å². The summed E-state index contributed by atoms with van der Waals surface area (Å²) in [6.07, 6.45) is 34.2. The number of unbranched alkanes of at least 4 members (excludes halogenated alkanes) is 18. The van der Waals surface area contributed by atoms with Crippen molar-refractivity contribution in [3.05, 3.63) is 0 Å². The Hall–Kier alpha value is 0.250. The van der Waals surface area contributed by atoms with Gasteiger partial charge in [-0.15, -0.1) is 6.42 Å². The molecule has 0 N–H and O–H groups in total. The van der Waals surface area contributed by atoms with Gasteiger partial charge in [-0.1, -0.05) is 117 Å². The number of hydrogen-bond acceptors (Lipinski definition) is 0. The van der Waals surface area contributed by atoms with E-state index in [2.05, 4.69) is 49.3 Å². The molecule has 0 amide bonds. The molecule has 0 aliphatic carbocycles. The third kappa shape index (κ3) is 17.4. The second-order valence-electron chi connectivity index (χ2n) is 9.85. The molecule has 0 aromatic heterocycles. The lowest BCUT2D eigenvalue weighted by Crippen LogP contribution is -2.53. The van der Waals surface area contributed by atoms with Crippen LogP contribution in [0.25, 0.3) is 0 Å². The highest BCUT2D eigenvalue weighted by molar-refractivity contribution is 14.1. The maximum atomic E-state index is 5.90. The molecule has 2 heteroatoms. The Bertz CT molecular complexity index is 376. The molecule has 184 valence electrons. The maximum Gasteiger partial charge on any atom is 0.200 e. The standard InChI is InChI=1S/C29H57IN/c1-5-9-11-13-15-17-19-21-23-25-27-31(8-4,29(30)7-3)28-26-24-22-20-18-16-14-12-10-6-2/h3,29H,5-6,8-28H2,1-2,4H3/q+1. The summed E-state index contributed by atoms with van der Waals surface area (Å²) in [5.74, 6) is 3.09. The summed E-state index contributed by atoms with van der Waals surface area (Å²) in [6, 6.07) is 0. The Kier molecular flexibility index (Phi) is 23.6. The van der Waals surface area contributed by atoms with Crippen molar-refractivity contribution in [1.29, 1.82) is 0 Å². The Morgan fingerprint density at radius 3 is 1.10 bits per heavy atom. The molecule has 0 heterocycles. The van der Waals surface area contributed by atoms with Gasteiger partial charge in [-0.25, -0.2) is 0 Å². The lowest BCUT2D eigenvalue weighted by molar-refractivity contribution is -0.925. The SMILES string of the molecule is C#CC(I)[N+](CC)(CCCCCCCCCCCC)CCCCCCCCCCCC. The second kappa shape index (κ2) is 23.4. The molecule has 31 heavy (non-hydrogen) atoms. The van der Waals surface area contributed by atoms with E-state index >= 15 is 0 Å².